The smallest absolute Gasteiger partial charge is 0.258 e. The minimum Gasteiger partial charge on any atom is -0.320 e. The highest BCUT2D eigenvalue weighted by Crippen LogP contribution is 2.19. The quantitative estimate of drug-likeness (QED) is 0.860. The molecule has 4 nitrogen and oxygen atoms in total. The molecule has 0 aromatic carbocycles. The van der Waals surface area contributed by atoms with Gasteiger partial charge in [0.2, 0.25) is 0 Å². The third-order valence-electron chi connectivity index (χ3n) is 2.31. The summed E-state index contributed by atoms with van der Waals surface area (Å²) in [5.74, 6) is -0.305. The van der Waals surface area contributed by atoms with Crippen LogP contribution in [0, 0.1) is 6.92 Å². The van der Waals surface area contributed by atoms with Gasteiger partial charge in [0.1, 0.15) is 4.60 Å². The van der Waals surface area contributed by atoms with Crippen LogP contribution < -0.4 is 5.32 Å². The molecule has 6 heteroatoms. The third kappa shape index (κ3) is 2.86. The monoisotopic (exact) mass is 325 g/mol. The number of rotatable bonds is 2. The van der Waals surface area contributed by atoms with Crippen molar-refractivity contribution < 1.29 is 4.79 Å². The number of amides is 1. The van der Waals surface area contributed by atoms with Gasteiger partial charge in [0.15, 0.2) is 0 Å². The Morgan fingerprint density at radius 3 is 2.83 bits per heavy atom. The maximum atomic E-state index is 12.0. The molecule has 0 aliphatic heterocycles. The standard InChI is InChI=1S/C12H9BrClN3O/c1-7-10(2-3-11(13)16-7)17-12(18)8-6-15-5-4-9(8)14/h2-6H,1H3,(H,17,18). The van der Waals surface area contributed by atoms with Crippen LogP contribution in [-0.4, -0.2) is 15.9 Å². The second-order valence-electron chi connectivity index (χ2n) is 3.58. The molecule has 0 unspecified atom stereocenters. The molecule has 2 heterocycles. The molecule has 2 aromatic rings. The summed E-state index contributed by atoms with van der Waals surface area (Å²) in [6.45, 7) is 1.81. The molecule has 0 saturated heterocycles. The van der Waals surface area contributed by atoms with Crippen LogP contribution >= 0.6 is 27.5 Å². The summed E-state index contributed by atoms with van der Waals surface area (Å²) in [6.07, 6.45) is 2.96. The summed E-state index contributed by atoms with van der Waals surface area (Å²) in [5.41, 5.74) is 1.70. The maximum Gasteiger partial charge on any atom is 0.258 e. The fourth-order valence-electron chi connectivity index (χ4n) is 1.40. The van der Waals surface area contributed by atoms with E-state index in [0.717, 1.165) is 10.3 Å². The zero-order valence-electron chi connectivity index (χ0n) is 9.45. The van der Waals surface area contributed by atoms with E-state index in [2.05, 4.69) is 31.2 Å². The van der Waals surface area contributed by atoms with E-state index >= 15 is 0 Å². The van der Waals surface area contributed by atoms with Crippen LogP contribution in [-0.2, 0) is 0 Å². The van der Waals surface area contributed by atoms with E-state index in [9.17, 15) is 4.79 Å². The van der Waals surface area contributed by atoms with Crippen molar-refractivity contribution in [1.29, 1.82) is 0 Å². The van der Waals surface area contributed by atoms with Crippen LogP contribution in [0.3, 0.4) is 0 Å². The minimum atomic E-state index is -0.305. The fraction of sp³-hybridized carbons (Fsp3) is 0.0833. The molecule has 1 N–H and O–H groups in total. The maximum absolute atomic E-state index is 12.0. The molecule has 2 rings (SSSR count). The number of hydrogen-bond donors (Lipinski definition) is 1. The normalized spacial score (nSPS) is 10.2. The number of hydrogen-bond acceptors (Lipinski definition) is 3. The number of carbonyl (C=O) groups is 1. The molecule has 0 radical (unpaired) electrons. The van der Waals surface area contributed by atoms with Gasteiger partial charge in [-0.25, -0.2) is 4.98 Å². The van der Waals surface area contributed by atoms with Gasteiger partial charge in [-0.05, 0) is 41.1 Å². The Morgan fingerprint density at radius 1 is 1.39 bits per heavy atom. The van der Waals surface area contributed by atoms with Gasteiger partial charge in [-0.3, -0.25) is 9.78 Å². The van der Waals surface area contributed by atoms with Crippen molar-refractivity contribution in [2.24, 2.45) is 0 Å². The molecule has 0 saturated carbocycles. The van der Waals surface area contributed by atoms with E-state index in [4.69, 9.17) is 11.6 Å². The molecule has 18 heavy (non-hydrogen) atoms. The molecule has 0 spiro atoms. The fourth-order valence-corrected chi connectivity index (χ4v) is 1.99. The van der Waals surface area contributed by atoms with Crippen LogP contribution in [0.1, 0.15) is 16.1 Å². The summed E-state index contributed by atoms with van der Waals surface area (Å²) < 4.78 is 0.720. The molecular formula is C12H9BrClN3O. The highest BCUT2D eigenvalue weighted by atomic mass is 79.9. The Balaban J connectivity index is 2.24. The zero-order chi connectivity index (χ0) is 13.1. The minimum absolute atomic E-state index is 0.305. The molecule has 0 fully saturated rings. The average molecular weight is 327 g/mol. The number of aryl methyl sites for hydroxylation is 1. The van der Waals surface area contributed by atoms with Gasteiger partial charge in [0, 0.05) is 12.4 Å². The van der Waals surface area contributed by atoms with Crippen molar-refractivity contribution in [3.8, 4) is 0 Å². The first kappa shape index (κ1) is 13.0. The van der Waals surface area contributed by atoms with Crippen LogP contribution in [0.4, 0.5) is 5.69 Å². The van der Waals surface area contributed by atoms with Gasteiger partial charge in [-0.2, -0.15) is 0 Å². The predicted molar refractivity (Wildman–Crippen MR) is 73.9 cm³/mol. The van der Waals surface area contributed by atoms with Gasteiger partial charge >= 0.3 is 0 Å². The number of carbonyl (C=O) groups excluding carboxylic acids is 1. The van der Waals surface area contributed by atoms with Gasteiger partial charge in [-0.15, -0.1) is 0 Å². The predicted octanol–water partition coefficient (Wildman–Crippen LogP) is 3.45. The number of nitrogens with zero attached hydrogens (tertiary/aromatic N) is 2. The molecule has 92 valence electrons. The van der Waals surface area contributed by atoms with E-state index in [1.54, 1.807) is 18.2 Å². The van der Waals surface area contributed by atoms with Crippen molar-refractivity contribution >= 4 is 39.1 Å². The van der Waals surface area contributed by atoms with Crippen molar-refractivity contribution in [3.63, 3.8) is 0 Å². The summed E-state index contributed by atoms with van der Waals surface area (Å²) in [5, 5.41) is 3.11. The van der Waals surface area contributed by atoms with Gasteiger partial charge < -0.3 is 5.32 Å². The third-order valence-corrected chi connectivity index (χ3v) is 3.08. The average Bonchev–Trinajstić information content (AvgIpc) is 2.33. The van der Waals surface area contributed by atoms with E-state index in [1.165, 1.54) is 12.4 Å². The highest BCUT2D eigenvalue weighted by molar-refractivity contribution is 9.10. The van der Waals surface area contributed by atoms with E-state index in [-0.39, 0.29) is 5.91 Å². The molecular weight excluding hydrogens is 318 g/mol. The van der Waals surface area contributed by atoms with Crippen LogP contribution in [0.15, 0.2) is 35.2 Å². The van der Waals surface area contributed by atoms with E-state index in [1.807, 2.05) is 6.92 Å². The summed E-state index contributed by atoms with van der Waals surface area (Å²) in [4.78, 5) is 20.1. The van der Waals surface area contributed by atoms with Gasteiger partial charge in [-0.1, -0.05) is 11.6 Å². The number of anilines is 1. The Kier molecular flexibility index (Phi) is 3.93. The Hall–Kier alpha value is -1.46. The second kappa shape index (κ2) is 5.46. The Labute approximate surface area is 118 Å². The van der Waals surface area contributed by atoms with Crippen LogP contribution in [0.25, 0.3) is 0 Å². The number of pyridine rings is 2. The lowest BCUT2D eigenvalue weighted by Gasteiger charge is -2.08. The molecule has 1 amide bonds. The lowest BCUT2D eigenvalue weighted by Crippen LogP contribution is -2.14. The molecule has 0 bridgehead atoms. The first-order chi connectivity index (χ1) is 8.58. The molecule has 0 atom stereocenters. The topological polar surface area (TPSA) is 54.9 Å². The van der Waals surface area contributed by atoms with Crippen molar-refractivity contribution in [1.82, 2.24) is 9.97 Å². The summed E-state index contributed by atoms with van der Waals surface area (Å²) in [6, 6.07) is 5.10. The Bertz CT molecular complexity index is 604. The SMILES string of the molecule is Cc1nc(Br)ccc1NC(=O)c1cnccc1Cl. The molecule has 0 aliphatic rings. The van der Waals surface area contributed by atoms with E-state index in [0.29, 0.717) is 16.3 Å². The molecule has 0 aliphatic carbocycles. The first-order valence-corrected chi connectivity index (χ1v) is 6.29. The second-order valence-corrected chi connectivity index (χ2v) is 4.80. The summed E-state index contributed by atoms with van der Waals surface area (Å²) >= 11 is 9.19. The van der Waals surface area contributed by atoms with Gasteiger partial charge in [0.05, 0.1) is 22.0 Å². The number of nitrogens with one attached hydrogen (secondary N) is 1. The summed E-state index contributed by atoms with van der Waals surface area (Å²) in [7, 11) is 0. The number of halogens is 2. The van der Waals surface area contributed by atoms with Crippen molar-refractivity contribution in [3.05, 3.63) is 51.5 Å². The van der Waals surface area contributed by atoms with Crippen molar-refractivity contribution in [2.45, 2.75) is 6.92 Å². The van der Waals surface area contributed by atoms with Crippen LogP contribution in [0.5, 0.6) is 0 Å². The largest absolute Gasteiger partial charge is 0.320 e. The molecule has 2 aromatic heterocycles. The lowest BCUT2D eigenvalue weighted by molar-refractivity contribution is 0.102. The van der Waals surface area contributed by atoms with Crippen LogP contribution in [0.2, 0.25) is 5.02 Å². The Morgan fingerprint density at radius 2 is 2.17 bits per heavy atom. The van der Waals surface area contributed by atoms with Gasteiger partial charge in [0.25, 0.3) is 5.91 Å². The first-order valence-electron chi connectivity index (χ1n) is 5.12. The lowest BCUT2D eigenvalue weighted by atomic mass is 10.2. The highest BCUT2D eigenvalue weighted by Gasteiger charge is 2.11. The zero-order valence-corrected chi connectivity index (χ0v) is 11.8. The van der Waals surface area contributed by atoms with Crippen molar-refractivity contribution in [2.75, 3.05) is 5.32 Å². The number of aromatic nitrogens is 2. The van der Waals surface area contributed by atoms with E-state index < -0.39 is 0 Å².